The standard InChI is InChI=1S/C19H19NO2Se/c1-4-11-22-18-12-14(9-10-17(18)21-3)23-19-13(2)20-16-8-6-5-7-15(16)19/h4-10,12,20H,1,11H2,2-3H3. The first-order valence-electron chi connectivity index (χ1n) is 7.40. The number of hydrogen-bond acceptors (Lipinski definition) is 2. The van der Waals surface area contributed by atoms with Gasteiger partial charge >= 0.3 is 142 Å². The predicted octanol–water partition coefficient (Wildman–Crippen LogP) is 2.70. The van der Waals surface area contributed by atoms with E-state index in [1.807, 2.05) is 6.07 Å². The average molecular weight is 372 g/mol. The fourth-order valence-corrected chi connectivity index (χ4v) is 4.64. The molecule has 3 rings (SSSR count). The first-order valence-corrected chi connectivity index (χ1v) is 9.11. The zero-order valence-electron chi connectivity index (χ0n) is 13.3. The van der Waals surface area contributed by atoms with Crippen molar-refractivity contribution in [2.24, 2.45) is 0 Å². The van der Waals surface area contributed by atoms with Gasteiger partial charge in [0.05, 0.1) is 0 Å². The van der Waals surface area contributed by atoms with Crippen LogP contribution in [0.5, 0.6) is 11.5 Å². The van der Waals surface area contributed by atoms with Crippen molar-refractivity contribution in [2.45, 2.75) is 6.92 Å². The average Bonchev–Trinajstić information content (AvgIpc) is 2.89. The van der Waals surface area contributed by atoms with Gasteiger partial charge in [-0.3, -0.25) is 0 Å². The predicted molar refractivity (Wildman–Crippen MR) is 96.7 cm³/mol. The van der Waals surface area contributed by atoms with Crippen molar-refractivity contribution < 1.29 is 9.47 Å². The molecule has 3 aromatic rings. The van der Waals surface area contributed by atoms with Crippen LogP contribution in [0.2, 0.25) is 0 Å². The van der Waals surface area contributed by atoms with E-state index in [4.69, 9.17) is 9.47 Å². The van der Waals surface area contributed by atoms with E-state index in [0.29, 0.717) is 6.61 Å². The summed E-state index contributed by atoms with van der Waals surface area (Å²) in [5.74, 6) is 1.52. The topological polar surface area (TPSA) is 34.2 Å². The molecule has 2 aromatic carbocycles. The van der Waals surface area contributed by atoms with E-state index in [1.54, 1.807) is 13.2 Å². The summed E-state index contributed by atoms with van der Waals surface area (Å²) < 4.78 is 13.7. The van der Waals surface area contributed by atoms with Crippen molar-refractivity contribution in [3.8, 4) is 11.5 Å². The van der Waals surface area contributed by atoms with Gasteiger partial charge in [-0.1, -0.05) is 0 Å². The Labute approximate surface area is 142 Å². The van der Waals surface area contributed by atoms with Crippen LogP contribution in [0.1, 0.15) is 5.69 Å². The molecule has 0 amide bonds. The second-order valence-electron chi connectivity index (χ2n) is 5.14. The number of benzene rings is 2. The SMILES string of the molecule is C=CCOc1cc([Se]c2c(C)[nH]c3ccccc23)ccc1OC. The van der Waals surface area contributed by atoms with Crippen molar-refractivity contribution in [1.82, 2.24) is 4.98 Å². The van der Waals surface area contributed by atoms with E-state index < -0.39 is 0 Å². The van der Waals surface area contributed by atoms with E-state index in [2.05, 4.69) is 54.9 Å². The number of aromatic amines is 1. The molecular weight excluding hydrogens is 353 g/mol. The molecule has 1 heterocycles. The first-order chi connectivity index (χ1) is 11.2. The van der Waals surface area contributed by atoms with E-state index in [0.717, 1.165) is 11.5 Å². The first kappa shape index (κ1) is 15.7. The number of para-hydroxylation sites is 1. The normalized spacial score (nSPS) is 10.7. The van der Waals surface area contributed by atoms with Crippen molar-refractivity contribution in [3.63, 3.8) is 0 Å². The second-order valence-corrected chi connectivity index (χ2v) is 7.41. The fraction of sp³-hybridized carbons (Fsp3) is 0.158. The molecule has 3 nitrogen and oxygen atoms in total. The third-order valence-corrected chi connectivity index (χ3v) is 6.11. The zero-order valence-corrected chi connectivity index (χ0v) is 15.0. The maximum absolute atomic E-state index is 5.71. The number of H-pyrrole nitrogens is 1. The van der Waals surface area contributed by atoms with E-state index >= 15 is 0 Å². The van der Waals surface area contributed by atoms with Crippen LogP contribution >= 0.6 is 0 Å². The van der Waals surface area contributed by atoms with Crippen molar-refractivity contribution in [3.05, 3.63) is 60.8 Å². The molecule has 0 unspecified atom stereocenters. The van der Waals surface area contributed by atoms with Gasteiger partial charge in [0.1, 0.15) is 0 Å². The molecule has 0 saturated heterocycles. The Morgan fingerprint density at radius 1 is 1.17 bits per heavy atom. The Hall–Kier alpha value is -2.16. The molecule has 23 heavy (non-hydrogen) atoms. The van der Waals surface area contributed by atoms with Gasteiger partial charge in [0, 0.05) is 0 Å². The van der Waals surface area contributed by atoms with E-state index in [9.17, 15) is 0 Å². The Kier molecular flexibility index (Phi) is 4.75. The third-order valence-electron chi connectivity index (χ3n) is 3.55. The van der Waals surface area contributed by atoms with Gasteiger partial charge in [0.2, 0.25) is 0 Å². The monoisotopic (exact) mass is 373 g/mol. The molecule has 1 aromatic heterocycles. The maximum atomic E-state index is 5.71. The van der Waals surface area contributed by atoms with Gasteiger partial charge in [0.15, 0.2) is 0 Å². The minimum atomic E-state index is 0.197. The van der Waals surface area contributed by atoms with Crippen LogP contribution in [0.25, 0.3) is 10.9 Å². The van der Waals surface area contributed by atoms with Gasteiger partial charge in [0.25, 0.3) is 0 Å². The van der Waals surface area contributed by atoms with E-state index in [-0.39, 0.29) is 15.0 Å². The van der Waals surface area contributed by atoms with Crippen LogP contribution in [0, 0.1) is 6.92 Å². The van der Waals surface area contributed by atoms with Crippen LogP contribution in [0.15, 0.2) is 55.1 Å². The van der Waals surface area contributed by atoms with Gasteiger partial charge in [-0.25, -0.2) is 0 Å². The van der Waals surface area contributed by atoms with Crippen molar-refractivity contribution in [1.29, 1.82) is 0 Å². The summed E-state index contributed by atoms with van der Waals surface area (Å²) in [5.41, 5.74) is 2.43. The van der Waals surface area contributed by atoms with Crippen LogP contribution in [-0.4, -0.2) is 33.7 Å². The molecule has 0 aliphatic rings. The Morgan fingerprint density at radius 3 is 2.78 bits per heavy atom. The Bertz CT molecular complexity index is 839. The molecule has 0 saturated carbocycles. The summed E-state index contributed by atoms with van der Waals surface area (Å²) >= 11 is 0.197. The number of nitrogens with one attached hydrogen (secondary N) is 1. The number of methoxy groups -OCH3 is 1. The molecule has 0 radical (unpaired) electrons. The summed E-state index contributed by atoms with van der Waals surface area (Å²) in [6.07, 6.45) is 1.74. The van der Waals surface area contributed by atoms with Crippen LogP contribution in [0.4, 0.5) is 0 Å². The van der Waals surface area contributed by atoms with E-state index in [1.165, 1.54) is 25.5 Å². The molecule has 1 N–H and O–H groups in total. The summed E-state index contributed by atoms with van der Waals surface area (Å²) in [6.45, 7) is 6.30. The minimum absolute atomic E-state index is 0.197. The number of fused-ring (bicyclic) bond motifs is 1. The quantitative estimate of drug-likeness (QED) is 0.533. The molecule has 0 fully saturated rings. The Balaban J connectivity index is 1.95. The van der Waals surface area contributed by atoms with Crippen molar-refractivity contribution >= 4 is 34.8 Å². The Morgan fingerprint density at radius 2 is 2.00 bits per heavy atom. The van der Waals surface area contributed by atoms with Crippen LogP contribution < -0.4 is 18.4 Å². The summed E-state index contributed by atoms with van der Waals surface area (Å²) in [5, 5.41) is 1.30. The number of rotatable bonds is 6. The molecule has 118 valence electrons. The van der Waals surface area contributed by atoms with Gasteiger partial charge in [-0.15, -0.1) is 0 Å². The van der Waals surface area contributed by atoms with Crippen molar-refractivity contribution in [2.75, 3.05) is 13.7 Å². The molecule has 4 heteroatoms. The third kappa shape index (κ3) is 3.29. The van der Waals surface area contributed by atoms with Crippen LogP contribution in [0.3, 0.4) is 0 Å². The molecule has 0 aliphatic carbocycles. The molecule has 0 bridgehead atoms. The molecule has 0 aliphatic heterocycles. The fourth-order valence-electron chi connectivity index (χ4n) is 2.48. The number of hydrogen-bond donors (Lipinski definition) is 1. The van der Waals surface area contributed by atoms with Crippen LogP contribution in [-0.2, 0) is 0 Å². The number of aromatic nitrogens is 1. The molecule has 0 atom stereocenters. The summed E-state index contributed by atoms with van der Waals surface area (Å²) in [7, 11) is 1.66. The van der Waals surface area contributed by atoms with Gasteiger partial charge < -0.3 is 0 Å². The number of ether oxygens (including phenoxy) is 2. The molecule has 0 spiro atoms. The van der Waals surface area contributed by atoms with Gasteiger partial charge in [-0.05, 0) is 0 Å². The zero-order chi connectivity index (χ0) is 16.2. The summed E-state index contributed by atoms with van der Waals surface area (Å²) in [4.78, 5) is 3.47. The number of aryl methyl sites for hydroxylation is 1. The second kappa shape index (κ2) is 6.95. The molecular formula is C19H19NO2Se. The van der Waals surface area contributed by atoms with Gasteiger partial charge in [-0.2, -0.15) is 0 Å². The summed E-state index contributed by atoms with van der Waals surface area (Å²) in [6, 6.07) is 14.6.